The fourth-order valence-corrected chi connectivity index (χ4v) is 5.80. The van der Waals surface area contributed by atoms with Gasteiger partial charge >= 0.3 is 0 Å². The Labute approximate surface area is 189 Å². The van der Waals surface area contributed by atoms with Crippen molar-refractivity contribution in [1.82, 2.24) is 20.2 Å². The van der Waals surface area contributed by atoms with Crippen molar-refractivity contribution in [3.05, 3.63) is 59.4 Å². The number of nitrogens with zero attached hydrogens (tertiary/aromatic N) is 3. The number of piperazine rings is 1. The van der Waals surface area contributed by atoms with Crippen LogP contribution in [-0.2, 0) is 19.4 Å². The molecule has 2 aromatic heterocycles. The Morgan fingerprint density at radius 1 is 1.12 bits per heavy atom. The minimum absolute atomic E-state index is 0.0231. The molecule has 6 rings (SSSR count). The molecule has 6 nitrogen and oxygen atoms in total. The van der Waals surface area contributed by atoms with Gasteiger partial charge in [0.25, 0.3) is 5.91 Å². The van der Waals surface area contributed by atoms with Crippen LogP contribution in [0.5, 0.6) is 0 Å². The largest absolute Gasteiger partial charge is 0.368 e. The molecule has 3 aromatic rings. The van der Waals surface area contributed by atoms with E-state index in [1.807, 2.05) is 18.3 Å². The van der Waals surface area contributed by atoms with Crippen LogP contribution in [-0.4, -0.2) is 46.7 Å². The third-order valence-corrected chi connectivity index (χ3v) is 7.54. The summed E-state index contributed by atoms with van der Waals surface area (Å²) in [7, 11) is 0. The number of aromatic nitrogens is 2. The average molecular weight is 430 g/mol. The number of nitrogens with one attached hydrogen (secondary N) is 2. The summed E-state index contributed by atoms with van der Waals surface area (Å²) >= 11 is 0. The zero-order valence-electron chi connectivity index (χ0n) is 18.7. The van der Waals surface area contributed by atoms with E-state index in [9.17, 15) is 4.79 Å². The highest BCUT2D eigenvalue weighted by Gasteiger charge is 2.32. The van der Waals surface area contributed by atoms with Crippen LogP contribution in [0.3, 0.4) is 0 Å². The summed E-state index contributed by atoms with van der Waals surface area (Å²) in [6, 6.07) is 12.4. The minimum Gasteiger partial charge on any atom is -0.368 e. The highest BCUT2D eigenvalue weighted by molar-refractivity contribution is 5.97. The molecule has 0 saturated carbocycles. The number of pyridine rings is 1. The Hall–Kier alpha value is -2.86. The van der Waals surface area contributed by atoms with Gasteiger partial charge in [-0.15, -0.1) is 0 Å². The highest BCUT2D eigenvalue weighted by Crippen LogP contribution is 2.30. The number of aryl methyl sites for hydroxylation is 2. The topological polar surface area (TPSA) is 62.2 Å². The Morgan fingerprint density at radius 3 is 2.78 bits per heavy atom. The lowest BCUT2D eigenvalue weighted by atomic mass is 9.87. The molecule has 2 aliphatic heterocycles. The van der Waals surface area contributed by atoms with E-state index in [-0.39, 0.29) is 11.9 Å². The first-order valence-corrected chi connectivity index (χ1v) is 12.0. The summed E-state index contributed by atoms with van der Waals surface area (Å²) in [5, 5.41) is 7.99. The van der Waals surface area contributed by atoms with Gasteiger partial charge in [-0.2, -0.15) is 0 Å². The van der Waals surface area contributed by atoms with Gasteiger partial charge in [-0.1, -0.05) is 6.07 Å². The third-order valence-electron chi connectivity index (χ3n) is 7.54. The van der Waals surface area contributed by atoms with Crippen molar-refractivity contribution in [2.75, 3.05) is 18.0 Å². The van der Waals surface area contributed by atoms with Gasteiger partial charge in [-0.05, 0) is 74.4 Å². The van der Waals surface area contributed by atoms with Crippen molar-refractivity contribution in [2.24, 2.45) is 0 Å². The predicted molar refractivity (Wildman–Crippen MR) is 127 cm³/mol. The van der Waals surface area contributed by atoms with Gasteiger partial charge in [0.05, 0.1) is 5.56 Å². The summed E-state index contributed by atoms with van der Waals surface area (Å²) in [5.41, 5.74) is 5.76. The van der Waals surface area contributed by atoms with E-state index in [1.54, 1.807) is 6.20 Å². The first-order valence-electron chi connectivity index (χ1n) is 12.0. The summed E-state index contributed by atoms with van der Waals surface area (Å²) < 4.78 is 2.09. The second kappa shape index (κ2) is 7.93. The molecule has 3 atom stereocenters. The number of hydrogen-bond acceptors (Lipinski definition) is 4. The van der Waals surface area contributed by atoms with Crippen LogP contribution < -0.4 is 15.5 Å². The molecule has 4 heterocycles. The van der Waals surface area contributed by atoms with Gasteiger partial charge < -0.3 is 20.1 Å². The van der Waals surface area contributed by atoms with Crippen LogP contribution in [0.1, 0.15) is 47.7 Å². The standard InChI is InChI=1S/C26H31N5O/c1-2-30-10-9-19-11-20(14-27-25(19)30)26(32)29-21-5-3-18-13-24(8-4-17(18)12-21)31-15-22-6-7-23(16-31)28-22/h4,8-11,13-14,21-23,28H,2-3,5-7,12,15-16H2,1H3,(H,29,32)/t21-,22?,23?/m1/s1. The van der Waals surface area contributed by atoms with Gasteiger partial charge in [0.2, 0.25) is 0 Å². The van der Waals surface area contributed by atoms with E-state index in [1.165, 1.54) is 29.7 Å². The Kier molecular flexibility index (Phi) is 4.90. The lowest BCUT2D eigenvalue weighted by molar-refractivity contribution is 0.0933. The smallest absolute Gasteiger partial charge is 0.253 e. The van der Waals surface area contributed by atoms with Crippen LogP contribution in [0, 0.1) is 0 Å². The molecule has 2 unspecified atom stereocenters. The first kappa shape index (κ1) is 19.8. The molecule has 2 fully saturated rings. The minimum atomic E-state index is -0.0231. The molecule has 166 valence electrons. The van der Waals surface area contributed by atoms with Crippen LogP contribution in [0.15, 0.2) is 42.7 Å². The summed E-state index contributed by atoms with van der Waals surface area (Å²) in [5.74, 6) is -0.0231. The van der Waals surface area contributed by atoms with E-state index in [2.05, 4.69) is 50.2 Å². The number of anilines is 1. The van der Waals surface area contributed by atoms with Gasteiger partial charge in [-0.25, -0.2) is 4.98 Å². The zero-order valence-corrected chi connectivity index (χ0v) is 18.7. The molecular formula is C26H31N5O. The molecule has 32 heavy (non-hydrogen) atoms. The van der Waals surface area contributed by atoms with Crippen LogP contribution in [0.25, 0.3) is 11.0 Å². The van der Waals surface area contributed by atoms with Crippen molar-refractivity contribution in [3.8, 4) is 0 Å². The van der Waals surface area contributed by atoms with Gasteiger partial charge in [0.1, 0.15) is 5.65 Å². The van der Waals surface area contributed by atoms with Crippen molar-refractivity contribution in [1.29, 1.82) is 0 Å². The highest BCUT2D eigenvalue weighted by atomic mass is 16.1. The van der Waals surface area contributed by atoms with Crippen molar-refractivity contribution in [2.45, 2.75) is 63.7 Å². The molecule has 0 radical (unpaired) electrons. The summed E-state index contributed by atoms with van der Waals surface area (Å²) in [6.45, 7) is 5.21. The Balaban J connectivity index is 1.13. The molecule has 1 aromatic carbocycles. The molecule has 0 spiro atoms. The Bertz CT molecular complexity index is 1160. The van der Waals surface area contributed by atoms with E-state index < -0.39 is 0 Å². The summed E-state index contributed by atoms with van der Waals surface area (Å²) in [6.07, 6.45) is 9.24. The number of rotatable bonds is 4. The molecule has 3 aliphatic rings. The number of hydrogen-bond donors (Lipinski definition) is 2. The lowest BCUT2D eigenvalue weighted by Gasteiger charge is -2.35. The van der Waals surface area contributed by atoms with Gasteiger partial charge in [0, 0.05) is 61.2 Å². The molecule has 2 bridgehead atoms. The molecule has 2 saturated heterocycles. The fraction of sp³-hybridized carbons (Fsp3) is 0.462. The number of carbonyl (C=O) groups excluding carboxylic acids is 1. The molecule has 6 heteroatoms. The van der Waals surface area contributed by atoms with E-state index in [4.69, 9.17) is 0 Å². The van der Waals surface area contributed by atoms with Crippen molar-refractivity contribution < 1.29 is 4.79 Å². The van der Waals surface area contributed by atoms with Crippen LogP contribution in [0.4, 0.5) is 5.69 Å². The maximum atomic E-state index is 12.9. The monoisotopic (exact) mass is 429 g/mol. The molecule has 2 N–H and O–H groups in total. The SMILES string of the molecule is CCn1ccc2cc(C(=O)N[C@@H]3CCc4cc(N5CC6CCC(C5)N6)ccc4C3)cnc21. The van der Waals surface area contributed by atoms with E-state index in [0.29, 0.717) is 17.6 Å². The van der Waals surface area contributed by atoms with Crippen LogP contribution in [0.2, 0.25) is 0 Å². The fourth-order valence-electron chi connectivity index (χ4n) is 5.80. The number of fused-ring (bicyclic) bond motifs is 4. The van der Waals surface area contributed by atoms with E-state index in [0.717, 1.165) is 49.9 Å². The molecule has 1 aliphatic carbocycles. The molecule has 1 amide bonds. The first-order chi connectivity index (χ1) is 15.7. The number of benzene rings is 1. The quantitative estimate of drug-likeness (QED) is 0.668. The normalized spacial score (nSPS) is 24.5. The summed E-state index contributed by atoms with van der Waals surface area (Å²) in [4.78, 5) is 20.0. The maximum Gasteiger partial charge on any atom is 0.253 e. The second-order valence-electron chi connectivity index (χ2n) is 9.65. The van der Waals surface area contributed by atoms with Crippen molar-refractivity contribution in [3.63, 3.8) is 0 Å². The second-order valence-corrected chi connectivity index (χ2v) is 9.65. The third kappa shape index (κ3) is 3.56. The lowest BCUT2D eigenvalue weighted by Crippen LogP contribution is -2.51. The molecular weight excluding hydrogens is 398 g/mol. The predicted octanol–water partition coefficient (Wildman–Crippen LogP) is 3.28. The maximum absolute atomic E-state index is 12.9. The van der Waals surface area contributed by atoms with Crippen LogP contribution >= 0.6 is 0 Å². The average Bonchev–Trinajstić information content (AvgIpc) is 3.39. The van der Waals surface area contributed by atoms with Gasteiger partial charge in [0.15, 0.2) is 0 Å². The van der Waals surface area contributed by atoms with E-state index >= 15 is 0 Å². The number of amides is 1. The van der Waals surface area contributed by atoms with Gasteiger partial charge in [-0.3, -0.25) is 4.79 Å². The number of carbonyl (C=O) groups is 1. The zero-order chi connectivity index (χ0) is 21.7. The Morgan fingerprint density at radius 2 is 1.97 bits per heavy atom. The van der Waals surface area contributed by atoms with Crippen molar-refractivity contribution >= 4 is 22.6 Å².